The summed E-state index contributed by atoms with van der Waals surface area (Å²) in [6.45, 7) is 2.56. The molecule has 21 heavy (non-hydrogen) atoms. The molecule has 0 saturated carbocycles. The van der Waals surface area contributed by atoms with Gasteiger partial charge in [0.1, 0.15) is 11.3 Å². The summed E-state index contributed by atoms with van der Waals surface area (Å²) in [5.41, 5.74) is 3.66. The Morgan fingerprint density at radius 3 is 2.86 bits per heavy atom. The SMILES string of the molecule is Cc1ccc(C(=O)NCCc2cn3ccccc3n2)n1C. The Bertz CT molecular complexity index is 752. The number of nitrogens with zero attached hydrogens (tertiary/aromatic N) is 3. The highest BCUT2D eigenvalue weighted by molar-refractivity contribution is 5.92. The first-order valence-corrected chi connectivity index (χ1v) is 6.98. The molecule has 0 bridgehead atoms. The summed E-state index contributed by atoms with van der Waals surface area (Å²) in [6.07, 6.45) is 4.68. The quantitative estimate of drug-likeness (QED) is 0.795. The van der Waals surface area contributed by atoms with Crippen molar-refractivity contribution in [3.8, 4) is 0 Å². The Morgan fingerprint density at radius 1 is 1.29 bits per heavy atom. The summed E-state index contributed by atoms with van der Waals surface area (Å²) >= 11 is 0. The fraction of sp³-hybridized carbons (Fsp3) is 0.250. The van der Waals surface area contributed by atoms with Crippen LogP contribution in [0.5, 0.6) is 0 Å². The number of nitrogens with one attached hydrogen (secondary N) is 1. The highest BCUT2D eigenvalue weighted by Gasteiger charge is 2.10. The Labute approximate surface area is 123 Å². The van der Waals surface area contributed by atoms with Gasteiger partial charge in [0.05, 0.1) is 5.69 Å². The molecule has 0 aliphatic heterocycles. The second-order valence-electron chi connectivity index (χ2n) is 5.12. The zero-order chi connectivity index (χ0) is 14.8. The highest BCUT2D eigenvalue weighted by Crippen LogP contribution is 2.06. The molecule has 1 amide bonds. The number of aryl methyl sites for hydroxylation is 1. The van der Waals surface area contributed by atoms with Crippen LogP contribution < -0.4 is 5.32 Å². The summed E-state index contributed by atoms with van der Waals surface area (Å²) in [5, 5.41) is 2.94. The molecule has 108 valence electrons. The van der Waals surface area contributed by atoms with Crippen molar-refractivity contribution < 1.29 is 4.79 Å². The monoisotopic (exact) mass is 282 g/mol. The molecule has 3 aromatic rings. The fourth-order valence-corrected chi connectivity index (χ4v) is 2.34. The summed E-state index contributed by atoms with van der Waals surface area (Å²) < 4.78 is 3.87. The number of fused-ring (bicyclic) bond motifs is 1. The normalized spacial score (nSPS) is 11.0. The molecule has 3 rings (SSSR count). The number of amides is 1. The van der Waals surface area contributed by atoms with Gasteiger partial charge in [0.25, 0.3) is 5.91 Å². The van der Waals surface area contributed by atoms with E-state index in [-0.39, 0.29) is 5.91 Å². The molecule has 0 fully saturated rings. The van der Waals surface area contributed by atoms with E-state index in [0.717, 1.165) is 23.5 Å². The molecule has 5 heteroatoms. The van der Waals surface area contributed by atoms with Gasteiger partial charge in [-0.2, -0.15) is 0 Å². The van der Waals surface area contributed by atoms with Gasteiger partial charge in [-0.25, -0.2) is 4.98 Å². The van der Waals surface area contributed by atoms with Gasteiger partial charge < -0.3 is 14.3 Å². The van der Waals surface area contributed by atoms with Crippen molar-refractivity contribution in [3.63, 3.8) is 0 Å². The van der Waals surface area contributed by atoms with E-state index in [1.165, 1.54) is 0 Å². The fourth-order valence-electron chi connectivity index (χ4n) is 2.34. The summed E-state index contributed by atoms with van der Waals surface area (Å²) in [4.78, 5) is 16.6. The predicted octanol–water partition coefficient (Wildman–Crippen LogP) is 1.95. The number of carbonyl (C=O) groups is 1. The minimum atomic E-state index is -0.0469. The number of imidazole rings is 1. The standard InChI is InChI=1S/C16H18N4O/c1-12-6-7-14(19(12)2)16(21)17-9-8-13-11-20-10-4-3-5-15(20)18-13/h3-7,10-11H,8-9H2,1-2H3,(H,17,21). The van der Waals surface area contributed by atoms with Gasteiger partial charge in [-0.05, 0) is 31.2 Å². The molecule has 3 heterocycles. The average Bonchev–Trinajstić information content (AvgIpc) is 3.03. The van der Waals surface area contributed by atoms with Crippen molar-refractivity contribution in [2.75, 3.05) is 6.54 Å². The van der Waals surface area contributed by atoms with Gasteiger partial charge >= 0.3 is 0 Å². The lowest BCUT2D eigenvalue weighted by Crippen LogP contribution is -2.27. The van der Waals surface area contributed by atoms with Gasteiger partial charge in [-0.3, -0.25) is 4.79 Å². The van der Waals surface area contributed by atoms with Crippen LogP contribution in [-0.4, -0.2) is 26.4 Å². The van der Waals surface area contributed by atoms with Crippen molar-refractivity contribution in [2.24, 2.45) is 7.05 Å². The van der Waals surface area contributed by atoms with E-state index in [9.17, 15) is 4.79 Å². The molecular formula is C16H18N4O. The van der Waals surface area contributed by atoms with Crippen LogP contribution in [-0.2, 0) is 13.5 Å². The van der Waals surface area contributed by atoms with Crippen LogP contribution in [0.3, 0.4) is 0 Å². The third-order valence-electron chi connectivity index (χ3n) is 3.69. The third kappa shape index (κ3) is 2.67. The first-order valence-electron chi connectivity index (χ1n) is 6.98. The molecular weight excluding hydrogens is 264 g/mol. The lowest BCUT2D eigenvalue weighted by molar-refractivity contribution is 0.0946. The molecule has 0 spiro atoms. The molecule has 5 nitrogen and oxygen atoms in total. The lowest BCUT2D eigenvalue weighted by atomic mass is 10.3. The molecule has 0 atom stereocenters. The van der Waals surface area contributed by atoms with Crippen LogP contribution in [0.2, 0.25) is 0 Å². The molecule has 0 aliphatic rings. The van der Waals surface area contributed by atoms with Crippen molar-refractivity contribution >= 4 is 11.6 Å². The second kappa shape index (κ2) is 5.44. The topological polar surface area (TPSA) is 51.3 Å². The zero-order valence-electron chi connectivity index (χ0n) is 12.2. The maximum absolute atomic E-state index is 12.1. The first kappa shape index (κ1) is 13.4. The van der Waals surface area contributed by atoms with Crippen LogP contribution in [0, 0.1) is 6.92 Å². The molecule has 0 aliphatic carbocycles. The zero-order valence-corrected chi connectivity index (χ0v) is 12.2. The number of aromatic nitrogens is 3. The molecule has 0 saturated heterocycles. The largest absolute Gasteiger partial charge is 0.350 e. The highest BCUT2D eigenvalue weighted by atomic mass is 16.1. The van der Waals surface area contributed by atoms with Gasteiger partial charge in [-0.15, -0.1) is 0 Å². The van der Waals surface area contributed by atoms with Crippen LogP contribution in [0.15, 0.2) is 42.7 Å². The molecule has 1 N–H and O–H groups in total. The van der Waals surface area contributed by atoms with Crippen LogP contribution in [0.1, 0.15) is 21.9 Å². The van der Waals surface area contributed by atoms with Gasteiger partial charge in [0.15, 0.2) is 0 Å². The minimum absolute atomic E-state index is 0.0469. The smallest absolute Gasteiger partial charge is 0.267 e. The number of hydrogen-bond donors (Lipinski definition) is 1. The number of hydrogen-bond acceptors (Lipinski definition) is 2. The van der Waals surface area contributed by atoms with Gasteiger partial charge in [0, 0.05) is 38.1 Å². The predicted molar refractivity (Wildman–Crippen MR) is 81.4 cm³/mol. The van der Waals surface area contributed by atoms with Crippen LogP contribution >= 0.6 is 0 Å². The van der Waals surface area contributed by atoms with Crippen molar-refractivity contribution in [2.45, 2.75) is 13.3 Å². The van der Waals surface area contributed by atoms with Crippen molar-refractivity contribution in [3.05, 3.63) is 59.8 Å². The van der Waals surface area contributed by atoms with E-state index in [0.29, 0.717) is 12.2 Å². The molecule has 0 unspecified atom stereocenters. The second-order valence-corrected chi connectivity index (χ2v) is 5.12. The van der Waals surface area contributed by atoms with Crippen LogP contribution in [0.4, 0.5) is 0 Å². The Balaban J connectivity index is 1.61. The Morgan fingerprint density at radius 2 is 2.14 bits per heavy atom. The van der Waals surface area contributed by atoms with E-state index >= 15 is 0 Å². The summed E-state index contributed by atoms with van der Waals surface area (Å²) in [6, 6.07) is 9.69. The number of rotatable bonds is 4. The lowest BCUT2D eigenvalue weighted by Gasteiger charge is -2.06. The number of pyridine rings is 1. The maximum Gasteiger partial charge on any atom is 0.267 e. The van der Waals surface area contributed by atoms with Crippen molar-refractivity contribution in [1.29, 1.82) is 0 Å². The first-order chi connectivity index (χ1) is 10.1. The van der Waals surface area contributed by atoms with E-state index in [4.69, 9.17) is 0 Å². The van der Waals surface area contributed by atoms with Gasteiger partial charge in [-0.1, -0.05) is 6.07 Å². The average molecular weight is 282 g/mol. The Kier molecular flexibility index (Phi) is 3.48. The van der Waals surface area contributed by atoms with E-state index in [2.05, 4.69) is 10.3 Å². The molecule has 0 radical (unpaired) electrons. The Hall–Kier alpha value is -2.56. The molecule has 0 aromatic carbocycles. The molecule has 3 aromatic heterocycles. The van der Waals surface area contributed by atoms with E-state index in [1.54, 1.807) is 0 Å². The van der Waals surface area contributed by atoms with Crippen molar-refractivity contribution in [1.82, 2.24) is 19.3 Å². The van der Waals surface area contributed by atoms with Gasteiger partial charge in [0.2, 0.25) is 0 Å². The number of carbonyl (C=O) groups excluding carboxylic acids is 1. The summed E-state index contributed by atoms with van der Waals surface area (Å²) in [7, 11) is 1.90. The van der Waals surface area contributed by atoms with Crippen LogP contribution in [0.25, 0.3) is 5.65 Å². The third-order valence-corrected chi connectivity index (χ3v) is 3.69. The van der Waals surface area contributed by atoms with E-state index < -0.39 is 0 Å². The van der Waals surface area contributed by atoms with E-state index in [1.807, 2.05) is 65.7 Å². The maximum atomic E-state index is 12.1. The minimum Gasteiger partial charge on any atom is -0.350 e. The summed E-state index contributed by atoms with van der Waals surface area (Å²) in [5.74, 6) is -0.0469.